The third-order valence-corrected chi connectivity index (χ3v) is 3.60. The van der Waals surface area contributed by atoms with Crippen molar-refractivity contribution in [1.29, 1.82) is 0 Å². The van der Waals surface area contributed by atoms with Gasteiger partial charge in [0.2, 0.25) is 0 Å². The number of hydrogen-bond acceptors (Lipinski definition) is 3. The van der Waals surface area contributed by atoms with Crippen molar-refractivity contribution in [3.05, 3.63) is 22.8 Å². The Balaban J connectivity index is 2.88. The number of nitrogens with zero attached hydrogens (tertiary/aromatic N) is 1. The van der Waals surface area contributed by atoms with Gasteiger partial charge < -0.3 is 10.6 Å². The fraction of sp³-hybridized carbons (Fsp3) is 0.538. The highest BCUT2D eigenvalue weighted by atomic mass is 35.5. The predicted molar refractivity (Wildman–Crippen MR) is 75.2 cm³/mol. The van der Waals surface area contributed by atoms with Gasteiger partial charge in [-0.05, 0) is 25.8 Å². The van der Waals surface area contributed by atoms with Crippen molar-refractivity contribution in [3.8, 4) is 0 Å². The Bertz CT molecular complexity index is 430. The summed E-state index contributed by atoms with van der Waals surface area (Å²) in [5.74, 6) is 0.431. The molecule has 5 heteroatoms. The van der Waals surface area contributed by atoms with E-state index < -0.39 is 0 Å². The molecule has 1 amide bonds. The van der Waals surface area contributed by atoms with Crippen LogP contribution in [0.2, 0.25) is 5.02 Å². The summed E-state index contributed by atoms with van der Waals surface area (Å²) in [7, 11) is 1.74. The smallest absolute Gasteiger partial charge is 0.253 e. The van der Waals surface area contributed by atoms with E-state index in [1.165, 1.54) is 6.20 Å². The summed E-state index contributed by atoms with van der Waals surface area (Å²) >= 11 is 6.01. The fourth-order valence-corrected chi connectivity index (χ4v) is 1.78. The van der Waals surface area contributed by atoms with Crippen LogP contribution in [0.4, 0.5) is 5.82 Å². The monoisotopic (exact) mass is 269 g/mol. The number of nitrogens with one attached hydrogen (secondary N) is 2. The van der Waals surface area contributed by atoms with E-state index in [-0.39, 0.29) is 11.4 Å². The van der Waals surface area contributed by atoms with Crippen molar-refractivity contribution in [2.75, 3.05) is 12.4 Å². The zero-order valence-electron chi connectivity index (χ0n) is 11.3. The summed E-state index contributed by atoms with van der Waals surface area (Å²) in [6, 6.07) is 1.63. The molecular formula is C13H20ClN3O. The minimum Gasteiger partial charge on any atom is -0.372 e. The van der Waals surface area contributed by atoms with Crippen molar-refractivity contribution in [2.24, 2.45) is 0 Å². The summed E-state index contributed by atoms with van der Waals surface area (Å²) in [6.07, 6.45) is 3.29. The first-order valence-electron chi connectivity index (χ1n) is 6.11. The maximum Gasteiger partial charge on any atom is 0.253 e. The molecule has 0 saturated heterocycles. The molecule has 1 aromatic heterocycles. The standard InChI is InChI=1S/C13H20ClN3O/c1-5-13(3,6-2)17-12(18)9-7-10(14)11(15-4)16-8-9/h7-8H,5-6H2,1-4H3,(H,15,16)(H,17,18). The van der Waals surface area contributed by atoms with Crippen LogP contribution in [-0.4, -0.2) is 23.5 Å². The van der Waals surface area contributed by atoms with Crippen LogP contribution in [0, 0.1) is 0 Å². The highest BCUT2D eigenvalue weighted by Gasteiger charge is 2.23. The number of halogens is 1. The molecule has 100 valence electrons. The zero-order valence-corrected chi connectivity index (χ0v) is 12.1. The summed E-state index contributed by atoms with van der Waals surface area (Å²) in [5.41, 5.74) is 0.290. The van der Waals surface area contributed by atoms with Gasteiger partial charge in [0.25, 0.3) is 5.91 Å². The number of pyridine rings is 1. The number of carbonyl (C=O) groups is 1. The second-order valence-corrected chi connectivity index (χ2v) is 4.93. The van der Waals surface area contributed by atoms with Crippen LogP contribution in [0.15, 0.2) is 12.3 Å². The number of carbonyl (C=O) groups excluding carboxylic acids is 1. The molecule has 0 radical (unpaired) electrons. The van der Waals surface area contributed by atoms with E-state index in [1.807, 2.05) is 6.92 Å². The first-order valence-corrected chi connectivity index (χ1v) is 6.49. The van der Waals surface area contributed by atoms with Gasteiger partial charge in [0, 0.05) is 18.8 Å². The lowest BCUT2D eigenvalue weighted by Crippen LogP contribution is -2.45. The number of amides is 1. The lowest BCUT2D eigenvalue weighted by molar-refractivity contribution is 0.0900. The minimum atomic E-state index is -0.189. The molecule has 0 unspecified atom stereocenters. The number of hydrogen-bond donors (Lipinski definition) is 2. The third-order valence-electron chi connectivity index (χ3n) is 3.32. The van der Waals surface area contributed by atoms with Crippen molar-refractivity contribution in [2.45, 2.75) is 39.2 Å². The average molecular weight is 270 g/mol. The second-order valence-electron chi connectivity index (χ2n) is 4.53. The molecule has 4 nitrogen and oxygen atoms in total. The van der Waals surface area contributed by atoms with Crippen LogP contribution in [0.3, 0.4) is 0 Å². The minimum absolute atomic E-state index is 0.141. The first kappa shape index (κ1) is 14.8. The van der Waals surface area contributed by atoms with E-state index in [9.17, 15) is 4.79 Å². The van der Waals surface area contributed by atoms with Crippen LogP contribution in [-0.2, 0) is 0 Å². The molecule has 2 N–H and O–H groups in total. The Morgan fingerprint density at radius 3 is 2.50 bits per heavy atom. The van der Waals surface area contributed by atoms with E-state index in [0.717, 1.165) is 12.8 Å². The summed E-state index contributed by atoms with van der Waals surface area (Å²) < 4.78 is 0. The fourth-order valence-electron chi connectivity index (χ4n) is 1.52. The van der Waals surface area contributed by atoms with Crippen molar-refractivity contribution >= 4 is 23.3 Å². The van der Waals surface area contributed by atoms with Gasteiger partial charge in [0.1, 0.15) is 5.82 Å². The molecule has 0 fully saturated rings. The normalized spacial score (nSPS) is 11.2. The molecule has 0 aliphatic carbocycles. The van der Waals surface area contributed by atoms with Crippen LogP contribution >= 0.6 is 11.6 Å². The Hall–Kier alpha value is -1.29. The van der Waals surface area contributed by atoms with Crippen LogP contribution in [0.25, 0.3) is 0 Å². The SMILES string of the molecule is CCC(C)(CC)NC(=O)c1cnc(NC)c(Cl)c1. The highest BCUT2D eigenvalue weighted by molar-refractivity contribution is 6.33. The van der Waals surface area contributed by atoms with Crippen LogP contribution in [0.5, 0.6) is 0 Å². The number of aromatic nitrogens is 1. The Kier molecular flexibility index (Phi) is 4.96. The lowest BCUT2D eigenvalue weighted by Gasteiger charge is -2.28. The molecule has 0 atom stereocenters. The summed E-state index contributed by atoms with van der Waals surface area (Å²) in [4.78, 5) is 16.2. The molecule has 18 heavy (non-hydrogen) atoms. The Morgan fingerprint density at radius 2 is 2.06 bits per heavy atom. The van der Waals surface area contributed by atoms with Crippen LogP contribution < -0.4 is 10.6 Å². The first-order chi connectivity index (χ1) is 8.45. The lowest BCUT2D eigenvalue weighted by atomic mass is 9.95. The zero-order chi connectivity index (χ0) is 13.8. The summed E-state index contributed by atoms with van der Waals surface area (Å²) in [6.45, 7) is 6.14. The van der Waals surface area contributed by atoms with E-state index >= 15 is 0 Å². The topological polar surface area (TPSA) is 54.0 Å². The molecule has 1 rings (SSSR count). The largest absolute Gasteiger partial charge is 0.372 e. The van der Waals surface area contributed by atoms with E-state index in [1.54, 1.807) is 13.1 Å². The molecule has 0 aliphatic heterocycles. The third kappa shape index (κ3) is 3.35. The molecule has 1 heterocycles. The maximum atomic E-state index is 12.1. The van der Waals surface area contributed by atoms with E-state index in [4.69, 9.17) is 11.6 Å². The van der Waals surface area contributed by atoms with Crippen molar-refractivity contribution < 1.29 is 4.79 Å². The summed E-state index contributed by atoms with van der Waals surface area (Å²) in [5, 5.41) is 6.32. The van der Waals surface area contributed by atoms with Gasteiger partial charge in [-0.2, -0.15) is 0 Å². The molecule has 0 aromatic carbocycles. The van der Waals surface area contributed by atoms with Crippen molar-refractivity contribution in [3.63, 3.8) is 0 Å². The molecule has 0 spiro atoms. The van der Waals surface area contributed by atoms with Gasteiger partial charge in [0.05, 0.1) is 10.6 Å². The Labute approximate surface area is 113 Å². The predicted octanol–water partition coefficient (Wildman–Crippen LogP) is 3.09. The molecule has 0 aliphatic rings. The average Bonchev–Trinajstić information content (AvgIpc) is 2.38. The molecule has 0 bridgehead atoms. The maximum absolute atomic E-state index is 12.1. The van der Waals surface area contributed by atoms with Crippen LogP contribution in [0.1, 0.15) is 44.0 Å². The molecular weight excluding hydrogens is 250 g/mol. The second kappa shape index (κ2) is 6.05. The van der Waals surface area contributed by atoms with Gasteiger partial charge >= 0.3 is 0 Å². The number of anilines is 1. The van der Waals surface area contributed by atoms with Gasteiger partial charge in [-0.3, -0.25) is 4.79 Å². The number of rotatable bonds is 5. The van der Waals surface area contributed by atoms with Crippen molar-refractivity contribution in [1.82, 2.24) is 10.3 Å². The van der Waals surface area contributed by atoms with Gasteiger partial charge in [-0.1, -0.05) is 25.4 Å². The molecule has 1 aromatic rings. The highest BCUT2D eigenvalue weighted by Crippen LogP contribution is 2.20. The molecule has 0 saturated carbocycles. The Morgan fingerprint density at radius 1 is 1.44 bits per heavy atom. The van der Waals surface area contributed by atoms with E-state index in [2.05, 4.69) is 29.5 Å². The van der Waals surface area contributed by atoms with Gasteiger partial charge in [-0.15, -0.1) is 0 Å². The van der Waals surface area contributed by atoms with Gasteiger partial charge in [0.15, 0.2) is 0 Å². The quantitative estimate of drug-likeness (QED) is 0.864. The van der Waals surface area contributed by atoms with Gasteiger partial charge in [-0.25, -0.2) is 4.98 Å². The van der Waals surface area contributed by atoms with E-state index in [0.29, 0.717) is 16.4 Å².